The van der Waals surface area contributed by atoms with Crippen LogP contribution in [0.25, 0.3) is 0 Å². The summed E-state index contributed by atoms with van der Waals surface area (Å²) in [6, 6.07) is 1.12. The molecule has 0 amide bonds. The second kappa shape index (κ2) is 6.52. The number of nitro groups is 2. The number of anilines is 1. The van der Waals surface area contributed by atoms with Crippen molar-refractivity contribution in [2.24, 2.45) is 0 Å². The first-order valence-electron chi connectivity index (χ1n) is 6.93. The molecule has 0 radical (unpaired) electrons. The maximum atomic E-state index is 11.4. The largest absolute Gasteiger partial charge is 0.392 e. The lowest BCUT2D eigenvalue weighted by molar-refractivity contribution is -0.392. The highest BCUT2D eigenvalue weighted by atomic mass is 16.6. The summed E-state index contributed by atoms with van der Waals surface area (Å²) in [5.41, 5.74) is -0.367. The lowest BCUT2D eigenvalue weighted by atomic mass is 9.99. The molecule has 0 spiro atoms. The Balaban J connectivity index is 2.56. The van der Waals surface area contributed by atoms with Crippen LogP contribution in [0.15, 0.2) is 18.2 Å². The Kier molecular flexibility index (Phi) is 4.71. The third-order valence-electron chi connectivity index (χ3n) is 3.81. The monoisotopic (exact) mass is 307 g/mol. The van der Waals surface area contributed by atoms with Crippen molar-refractivity contribution in [1.82, 2.24) is 0 Å². The van der Waals surface area contributed by atoms with Gasteiger partial charge in [0.2, 0.25) is 0 Å². The second-order valence-electron chi connectivity index (χ2n) is 5.20. The Morgan fingerprint density at radius 2 is 2.05 bits per heavy atom. The van der Waals surface area contributed by atoms with Crippen molar-refractivity contribution in [3.63, 3.8) is 0 Å². The average molecular weight is 307 g/mol. The van der Waals surface area contributed by atoms with Gasteiger partial charge in [0.1, 0.15) is 0 Å². The molecule has 0 bridgehead atoms. The summed E-state index contributed by atoms with van der Waals surface area (Å²) in [7, 11) is 0. The molecule has 0 saturated carbocycles. The van der Waals surface area contributed by atoms with E-state index in [9.17, 15) is 25.3 Å². The SMILES string of the molecule is Cc1c(CO)cc([N+](=O)[O-])c(NC2CC=CCC2)c1[N+](=O)[O-]. The highest BCUT2D eigenvalue weighted by Crippen LogP contribution is 2.40. The lowest BCUT2D eigenvalue weighted by Crippen LogP contribution is -2.22. The summed E-state index contributed by atoms with van der Waals surface area (Å²) in [6.45, 7) is 0.999. The number of nitro benzene ring substituents is 2. The maximum Gasteiger partial charge on any atom is 0.302 e. The van der Waals surface area contributed by atoms with E-state index in [-0.39, 0.29) is 34.2 Å². The Labute approximate surface area is 126 Å². The minimum absolute atomic E-state index is 0.0787. The first kappa shape index (κ1) is 15.9. The molecule has 1 unspecified atom stereocenters. The maximum absolute atomic E-state index is 11.4. The van der Waals surface area contributed by atoms with Crippen molar-refractivity contribution >= 4 is 17.1 Å². The first-order valence-corrected chi connectivity index (χ1v) is 6.93. The highest BCUT2D eigenvalue weighted by Gasteiger charge is 2.31. The predicted octanol–water partition coefficient (Wildman–Crippen LogP) is 2.82. The van der Waals surface area contributed by atoms with Crippen molar-refractivity contribution in [2.45, 2.75) is 38.8 Å². The number of rotatable bonds is 5. The van der Waals surface area contributed by atoms with Crippen LogP contribution in [0.2, 0.25) is 0 Å². The van der Waals surface area contributed by atoms with Gasteiger partial charge in [-0.25, -0.2) is 0 Å². The summed E-state index contributed by atoms with van der Waals surface area (Å²) >= 11 is 0. The quantitative estimate of drug-likeness (QED) is 0.490. The zero-order chi connectivity index (χ0) is 16.3. The Bertz CT molecular complexity index is 642. The van der Waals surface area contributed by atoms with Crippen molar-refractivity contribution < 1.29 is 15.0 Å². The third-order valence-corrected chi connectivity index (χ3v) is 3.81. The summed E-state index contributed by atoms with van der Waals surface area (Å²) in [6.07, 6.45) is 6.21. The number of benzene rings is 1. The molecule has 22 heavy (non-hydrogen) atoms. The van der Waals surface area contributed by atoms with Crippen LogP contribution in [0.3, 0.4) is 0 Å². The van der Waals surface area contributed by atoms with Gasteiger partial charge in [0.05, 0.1) is 16.5 Å². The number of aliphatic hydroxyl groups excluding tert-OH is 1. The van der Waals surface area contributed by atoms with Gasteiger partial charge in [0.25, 0.3) is 5.69 Å². The summed E-state index contributed by atoms with van der Waals surface area (Å²) < 4.78 is 0. The van der Waals surface area contributed by atoms with Gasteiger partial charge in [-0.3, -0.25) is 20.2 Å². The first-order chi connectivity index (χ1) is 10.5. The normalized spacial score (nSPS) is 17.3. The van der Waals surface area contributed by atoms with Gasteiger partial charge in [-0.05, 0) is 31.7 Å². The van der Waals surface area contributed by atoms with Crippen molar-refractivity contribution in [2.75, 3.05) is 5.32 Å². The average Bonchev–Trinajstić information content (AvgIpc) is 2.48. The van der Waals surface area contributed by atoms with E-state index in [2.05, 4.69) is 5.32 Å². The molecule has 2 N–H and O–H groups in total. The molecule has 1 aromatic rings. The molecule has 118 valence electrons. The van der Waals surface area contributed by atoms with Crippen LogP contribution in [0.1, 0.15) is 30.4 Å². The molecule has 2 rings (SSSR count). The smallest absolute Gasteiger partial charge is 0.302 e. The second-order valence-corrected chi connectivity index (χ2v) is 5.20. The molecular weight excluding hydrogens is 290 g/mol. The Hall–Kier alpha value is -2.48. The van der Waals surface area contributed by atoms with E-state index >= 15 is 0 Å². The number of aliphatic hydroxyl groups is 1. The molecule has 1 atom stereocenters. The minimum atomic E-state index is -0.660. The van der Waals surface area contributed by atoms with Crippen LogP contribution < -0.4 is 5.32 Å². The van der Waals surface area contributed by atoms with Crippen molar-refractivity contribution in [1.29, 1.82) is 0 Å². The molecule has 0 heterocycles. The summed E-state index contributed by atoms with van der Waals surface area (Å²) in [5.74, 6) is 0. The van der Waals surface area contributed by atoms with E-state index in [0.717, 1.165) is 12.8 Å². The Morgan fingerprint density at radius 3 is 2.55 bits per heavy atom. The van der Waals surface area contributed by atoms with E-state index in [4.69, 9.17) is 0 Å². The van der Waals surface area contributed by atoms with Crippen LogP contribution in [0, 0.1) is 27.2 Å². The van der Waals surface area contributed by atoms with Crippen LogP contribution in [-0.2, 0) is 6.61 Å². The molecule has 8 nitrogen and oxygen atoms in total. The third kappa shape index (κ3) is 3.06. The number of allylic oxidation sites excluding steroid dienone is 1. The van der Waals surface area contributed by atoms with E-state index < -0.39 is 16.5 Å². The molecule has 0 fully saturated rings. The van der Waals surface area contributed by atoms with Gasteiger partial charge in [-0.15, -0.1) is 0 Å². The standard InChI is InChI=1S/C14H17N3O5/c1-9-10(8-18)7-12(16(19)20)13(14(9)17(21)22)15-11-5-3-2-4-6-11/h2-3,7,11,15,18H,4-6,8H2,1H3. The van der Waals surface area contributed by atoms with Gasteiger partial charge >= 0.3 is 5.69 Å². The number of hydrogen-bond donors (Lipinski definition) is 2. The fourth-order valence-corrected chi connectivity index (χ4v) is 2.61. The van der Waals surface area contributed by atoms with E-state index in [1.807, 2.05) is 12.2 Å². The number of hydrogen-bond acceptors (Lipinski definition) is 6. The van der Waals surface area contributed by atoms with Gasteiger partial charge < -0.3 is 10.4 Å². The topological polar surface area (TPSA) is 119 Å². The van der Waals surface area contributed by atoms with E-state index in [0.29, 0.717) is 6.42 Å². The number of nitrogens with zero attached hydrogens (tertiary/aromatic N) is 2. The molecule has 0 saturated heterocycles. The zero-order valence-corrected chi connectivity index (χ0v) is 12.1. The minimum Gasteiger partial charge on any atom is -0.392 e. The van der Waals surface area contributed by atoms with Crippen LogP contribution >= 0.6 is 0 Å². The van der Waals surface area contributed by atoms with E-state index in [1.54, 1.807) is 0 Å². The Morgan fingerprint density at radius 1 is 1.32 bits per heavy atom. The molecule has 1 aromatic carbocycles. The summed E-state index contributed by atoms with van der Waals surface area (Å²) in [4.78, 5) is 21.3. The molecule has 0 aromatic heterocycles. The molecule has 1 aliphatic carbocycles. The highest BCUT2D eigenvalue weighted by molar-refractivity contribution is 5.78. The molecule has 8 heteroatoms. The van der Waals surface area contributed by atoms with E-state index in [1.165, 1.54) is 13.0 Å². The van der Waals surface area contributed by atoms with Gasteiger partial charge in [0.15, 0.2) is 5.69 Å². The molecular formula is C14H17N3O5. The van der Waals surface area contributed by atoms with Crippen LogP contribution in [-0.4, -0.2) is 21.0 Å². The lowest BCUT2D eigenvalue weighted by Gasteiger charge is -2.21. The fourth-order valence-electron chi connectivity index (χ4n) is 2.61. The zero-order valence-electron chi connectivity index (χ0n) is 12.1. The molecule has 1 aliphatic rings. The predicted molar refractivity (Wildman–Crippen MR) is 80.8 cm³/mol. The fraction of sp³-hybridized carbons (Fsp3) is 0.429. The van der Waals surface area contributed by atoms with Gasteiger partial charge in [0, 0.05) is 17.7 Å². The van der Waals surface area contributed by atoms with Crippen molar-refractivity contribution in [3.8, 4) is 0 Å². The van der Waals surface area contributed by atoms with Crippen molar-refractivity contribution in [3.05, 3.63) is 49.6 Å². The van der Waals surface area contributed by atoms with Gasteiger partial charge in [-0.1, -0.05) is 12.2 Å². The number of nitrogens with one attached hydrogen (secondary N) is 1. The molecule has 0 aliphatic heterocycles. The summed E-state index contributed by atoms with van der Waals surface area (Å²) in [5, 5.41) is 34.9. The van der Waals surface area contributed by atoms with Gasteiger partial charge in [-0.2, -0.15) is 0 Å². The van der Waals surface area contributed by atoms with Crippen LogP contribution in [0.5, 0.6) is 0 Å². The van der Waals surface area contributed by atoms with Crippen LogP contribution in [0.4, 0.5) is 17.1 Å².